The maximum atomic E-state index is 11.1. The summed E-state index contributed by atoms with van der Waals surface area (Å²) in [5, 5.41) is 0. The smallest absolute Gasteiger partial charge is 0.384 e. The molecular weight excluding hydrogens is 220 g/mol. The molecule has 0 saturated heterocycles. The third-order valence-electron chi connectivity index (χ3n) is 1.79. The van der Waals surface area contributed by atoms with E-state index in [1.165, 1.54) is 7.11 Å². The quantitative estimate of drug-likeness (QED) is 0.451. The summed E-state index contributed by atoms with van der Waals surface area (Å²) in [4.78, 5) is 11.1. The van der Waals surface area contributed by atoms with Crippen LogP contribution >= 0.6 is 0 Å². The van der Waals surface area contributed by atoms with Crippen molar-refractivity contribution >= 4 is 5.97 Å². The lowest BCUT2D eigenvalue weighted by Gasteiger charge is -2.05. The number of methoxy groups -OCH3 is 1. The van der Waals surface area contributed by atoms with Crippen molar-refractivity contribution < 1.29 is 19.0 Å². The summed E-state index contributed by atoms with van der Waals surface area (Å²) in [5.74, 6) is 5.11. The van der Waals surface area contributed by atoms with Crippen LogP contribution in [0.3, 0.4) is 0 Å². The van der Waals surface area contributed by atoms with Gasteiger partial charge in [-0.25, -0.2) is 4.79 Å². The number of hydrogen-bond donors (Lipinski definition) is 0. The van der Waals surface area contributed by atoms with Gasteiger partial charge in [-0.2, -0.15) is 0 Å². The van der Waals surface area contributed by atoms with Crippen molar-refractivity contribution in [2.75, 3.05) is 20.5 Å². The van der Waals surface area contributed by atoms with Gasteiger partial charge in [-0.3, -0.25) is 0 Å². The molecule has 0 fully saturated rings. The van der Waals surface area contributed by atoms with Crippen LogP contribution in [0, 0.1) is 11.8 Å². The first-order valence-corrected chi connectivity index (χ1v) is 5.17. The summed E-state index contributed by atoms with van der Waals surface area (Å²) in [7, 11) is 1.53. The Morgan fingerprint density at radius 3 is 2.82 bits per heavy atom. The Hall–Kier alpha value is -1.99. The molecule has 4 nitrogen and oxygen atoms in total. The van der Waals surface area contributed by atoms with Gasteiger partial charge in [0, 0.05) is 13.0 Å². The van der Waals surface area contributed by atoms with E-state index in [9.17, 15) is 4.79 Å². The van der Waals surface area contributed by atoms with Crippen molar-refractivity contribution in [2.45, 2.75) is 6.92 Å². The van der Waals surface area contributed by atoms with Crippen LogP contribution in [0.15, 0.2) is 24.3 Å². The summed E-state index contributed by atoms with van der Waals surface area (Å²) < 4.78 is 14.8. The highest BCUT2D eigenvalue weighted by atomic mass is 16.7. The van der Waals surface area contributed by atoms with E-state index in [-0.39, 0.29) is 6.79 Å². The second-order valence-corrected chi connectivity index (χ2v) is 3.02. The number of para-hydroxylation sites is 1. The number of ether oxygens (including phenoxy) is 3. The molecule has 0 aliphatic rings. The first kappa shape index (κ1) is 13.1. The minimum absolute atomic E-state index is 0.137. The van der Waals surface area contributed by atoms with Gasteiger partial charge in [0.1, 0.15) is 5.75 Å². The standard InChI is InChI=1S/C13H14O4/c1-3-16-13(14)9-8-11-6-4-5-7-12(11)17-10-15-2/h4-7H,3,10H2,1-2H3. The van der Waals surface area contributed by atoms with Gasteiger partial charge in [0.25, 0.3) is 0 Å². The fourth-order valence-electron chi connectivity index (χ4n) is 1.10. The molecule has 0 unspecified atom stereocenters. The van der Waals surface area contributed by atoms with E-state index in [0.717, 1.165) is 0 Å². The molecule has 0 amide bonds. The van der Waals surface area contributed by atoms with Crippen molar-refractivity contribution in [1.82, 2.24) is 0 Å². The van der Waals surface area contributed by atoms with Gasteiger partial charge >= 0.3 is 5.97 Å². The lowest BCUT2D eigenvalue weighted by atomic mass is 10.2. The molecule has 1 aromatic carbocycles. The van der Waals surface area contributed by atoms with Crippen molar-refractivity contribution in [3.63, 3.8) is 0 Å². The SMILES string of the molecule is CCOC(=O)C#Cc1ccccc1OCOC. The summed E-state index contributed by atoms with van der Waals surface area (Å²) in [6, 6.07) is 7.15. The largest absolute Gasteiger partial charge is 0.466 e. The Morgan fingerprint density at radius 1 is 1.35 bits per heavy atom. The molecule has 0 atom stereocenters. The lowest BCUT2D eigenvalue weighted by molar-refractivity contribution is -0.136. The van der Waals surface area contributed by atoms with E-state index in [4.69, 9.17) is 14.2 Å². The number of carbonyl (C=O) groups excluding carboxylic acids is 1. The molecular formula is C13H14O4. The molecule has 0 aliphatic carbocycles. The van der Waals surface area contributed by atoms with Gasteiger partial charge in [-0.15, -0.1) is 0 Å². The first-order chi connectivity index (χ1) is 8.27. The highest BCUT2D eigenvalue weighted by Gasteiger charge is 2.00. The maximum absolute atomic E-state index is 11.1. The molecule has 0 bridgehead atoms. The molecule has 90 valence electrons. The molecule has 1 aromatic rings. The van der Waals surface area contributed by atoms with E-state index < -0.39 is 5.97 Å². The number of esters is 1. The third-order valence-corrected chi connectivity index (χ3v) is 1.79. The van der Waals surface area contributed by atoms with Crippen LogP contribution in [0.25, 0.3) is 0 Å². The second-order valence-electron chi connectivity index (χ2n) is 3.02. The number of hydrogen-bond acceptors (Lipinski definition) is 4. The topological polar surface area (TPSA) is 44.8 Å². The molecule has 0 spiro atoms. The molecule has 0 aromatic heterocycles. The minimum Gasteiger partial charge on any atom is -0.466 e. The summed E-state index contributed by atoms with van der Waals surface area (Å²) in [5.41, 5.74) is 0.623. The van der Waals surface area contributed by atoms with Gasteiger partial charge in [0.15, 0.2) is 6.79 Å². The zero-order valence-electron chi connectivity index (χ0n) is 9.86. The van der Waals surface area contributed by atoms with Gasteiger partial charge in [0.2, 0.25) is 0 Å². The van der Waals surface area contributed by atoms with Crippen molar-refractivity contribution in [3.05, 3.63) is 29.8 Å². The van der Waals surface area contributed by atoms with Gasteiger partial charge in [-0.05, 0) is 19.1 Å². The molecule has 1 rings (SSSR count). The highest BCUT2D eigenvalue weighted by Crippen LogP contribution is 2.16. The Morgan fingerprint density at radius 2 is 2.12 bits per heavy atom. The fourth-order valence-corrected chi connectivity index (χ4v) is 1.10. The normalized spacial score (nSPS) is 9.06. The van der Waals surface area contributed by atoms with Crippen LogP contribution in [0.4, 0.5) is 0 Å². The number of carbonyl (C=O) groups is 1. The summed E-state index contributed by atoms with van der Waals surface area (Å²) >= 11 is 0. The Labute approximate surface area is 100 Å². The minimum atomic E-state index is -0.547. The van der Waals surface area contributed by atoms with E-state index in [2.05, 4.69) is 11.8 Å². The molecule has 0 N–H and O–H groups in total. The summed E-state index contributed by atoms with van der Waals surface area (Å²) in [6.07, 6.45) is 0. The van der Waals surface area contributed by atoms with E-state index in [1.54, 1.807) is 19.1 Å². The van der Waals surface area contributed by atoms with Crippen LogP contribution < -0.4 is 4.74 Å². The van der Waals surface area contributed by atoms with Gasteiger partial charge < -0.3 is 14.2 Å². The van der Waals surface area contributed by atoms with Crippen molar-refractivity contribution in [3.8, 4) is 17.6 Å². The Balaban J connectivity index is 2.78. The Bertz CT molecular complexity index is 429. The van der Waals surface area contributed by atoms with Gasteiger partial charge in [-0.1, -0.05) is 18.1 Å². The van der Waals surface area contributed by atoms with Gasteiger partial charge in [0.05, 0.1) is 12.2 Å². The number of rotatable bonds is 4. The first-order valence-electron chi connectivity index (χ1n) is 5.17. The van der Waals surface area contributed by atoms with Crippen LogP contribution in [0.5, 0.6) is 5.75 Å². The summed E-state index contributed by atoms with van der Waals surface area (Å²) in [6.45, 7) is 2.18. The molecule has 17 heavy (non-hydrogen) atoms. The van der Waals surface area contributed by atoms with E-state index in [1.807, 2.05) is 12.1 Å². The zero-order valence-corrected chi connectivity index (χ0v) is 9.86. The molecule has 4 heteroatoms. The predicted molar refractivity (Wildman–Crippen MR) is 62.5 cm³/mol. The highest BCUT2D eigenvalue weighted by molar-refractivity contribution is 5.89. The predicted octanol–water partition coefficient (Wildman–Crippen LogP) is 1.58. The van der Waals surface area contributed by atoms with Crippen LogP contribution in [0.2, 0.25) is 0 Å². The van der Waals surface area contributed by atoms with Crippen molar-refractivity contribution in [1.29, 1.82) is 0 Å². The molecule has 0 aliphatic heterocycles. The molecule has 0 radical (unpaired) electrons. The Kier molecular flexibility index (Phi) is 5.62. The third kappa shape index (κ3) is 4.58. The fraction of sp³-hybridized carbons (Fsp3) is 0.308. The van der Waals surface area contributed by atoms with Crippen LogP contribution in [-0.4, -0.2) is 26.5 Å². The average molecular weight is 234 g/mol. The lowest BCUT2D eigenvalue weighted by Crippen LogP contribution is -2.01. The van der Waals surface area contributed by atoms with E-state index >= 15 is 0 Å². The maximum Gasteiger partial charge on any atom is 0.384 e. The number of benzene rings is 1. The average Bonchev–Trinajstić information content (AvgIpc) is 2.35. The van der Waals surface area contributed by atoms with Crippen LogP contribution in [0.1, 0.15) is 12.5 Å². The van der Waals surface area contributed by atoms with Crippen LogP contribution in [-0.2, 0) is 14.3 Å². The zero-order chi connectivity index (χ0) is 12.5. The molecule has 0 heterocycles. The van der Waals surface area contributed by atoms with E-state index in [0.29, 0.717) is 17.9 Å². The second kappa shape index (κ2) is 7.31. The monoisotopic (exact) mass is 234 g/mol. The van der Waals surface area contributed by atoms with Crippen molar-refractivity contribution in [2.24, 2.45) is 0 Å². The molecule has 0 saturated carbocycles.